The molecule has 0 aliphatic carbocycles. The molecule has 1 aromatic heterocycles. The summed E-state index contributed by atoms with van der Waals surface area (Å²) in [4.78, 5) is 0. The summed E-state index contributed by atoms with van der Waals surface area (Å²) in [6.45, 7) is 0. The average molecular weight is 369 g/mol. The van der Waals surface area contributed by atoms with Crippen LogP contribution in [0.4, 0.5) is 0 Å². The zero-order valence-electron chi connectivity index (χ0n) is 6.55. The maximum absolute atomic E-state index is 9.55. The predicted molar refractivity (Wildman–Crippen MR) is 68.8 cm³/mol. The first kappa shape index (κ1) is 9.73. The van der Waals surface area contributed by atoms with E-state index in [-0.39, 0.29) is 0 Å². The van der Waals surface area contributed by atoms with Gasteiger partial charge in [-0.2, -0.15) is 0 Å². The highest BCUT2D eigenvalue weighted by Gasteiger charge is 2.07. The van der Waals surface area contributed by atoms with E-state index >= 15 is 0 Å². The molecule has 0 atom stereocenters. The van der Waals surface area contributed by atoms with Crippen molar-refractivity contribution >= 4 is 59.9 Å². The smallest absolute Gasteiger partial charge is 0.134 e. The quantitative estimate of drug-likeness (QED) is 0.593. The molecule has 2 rings (SSSR count). The Morgan fingerprint density at radius 2 is 2.23 bits per heavy atom. The number of halogens is 2. The van der Waals surface area contributed by atoms with Gasteiger partial charge >= 0.3 is 0 Å². The Balaban J connectivity index is 2.80. The van der Waals surface area contributed by atoms with Gasteiger partial charge in [0.2, 0.25) is 0 Å². The molecule has 0 aliphatic heterocycles. The maximum atomic E-state index is 9.55. The second-order valence-electron chi connectivity index (χ2n) is 2.71. The lowest BCUT2D eigenvalue weighted by Crippen LogP contribution is -1.79. The summed E-state index contributed by atoms with van der Waals surface area (Å²) in [5, 5.41) is 13.1. The third-order valence-electron chi connectivity index (χ3n) is 1.82. The van der Waals surface area contributed by atoms with Crippen LogP contribution in [-0.4, -0.2) is 5.11 Å². The van der Waals surface area contributed by atoms with Gasteiger partial charge in [-0.15, -0.1) is 11.3 Å². The van der Waals surface area contributed by atoms with Crippen molar-refractivity contribution in [3.05, 3.63) is 26.6 Å². The van der Waals surface area contributed by atoms with Crippen LogP contribution in [-0.2, 0) is 5.33 Å². The Hall–Kier alpha value is 0.190. The van der Waals surface area contributed by atoms with E-state index in [1.165, 1.54) is 13.8 Å². The van der Waals surface area contributed by atoms with Gasteiger partial charge in [0.25, 0.3) is 0 Å². The SMILES string of the molecule is Oc1csc2c(I)cc(CBr)cc12. The second kappa shape index (κ2) is 3.74. The molecule has 1 N–H and O–H groups in total. The molecule has 0 fully saturated rings. The van der Waals surface area contributed by atoms with Crippen LogP contribution < -0.4 is 0 Å². The number of hydrogen-bond donors (Lipinski definition) is 1. The molecule has 0 saturated carbocycles. The fourth-order valence-electron chi connectivity index (χ4n) is 1.21. The van der Waals surface area contributed by atoms with Gasteiger partial charge in [0, 0.05) is 19.7 Å². The molecule has 0 spiro atoms. The lowest BCUT2D eigenvalue weighted by molar-refractivity contribution is 0.483. The van der Waals surface area contributed by atoms with E-state index in [4.69, 9.17) is 0 Å². The summed E-state index contributed by atoms with van der Waals surface area (Å²) >= 11 is 7.29. The lowest BCUT2D eigenvalue weighted by atomic mass is 10.2. The Kier molecular flexibility index (Phi) is 2.80. The predicted octanol–water partition coefficient (Wildman–Crippen LogP) is 4.11. The molecular formula is C9H6BrIOS. The third kappa shape index (κ3) is 1.71. The first-order valence-electron chi connectivity index (χ1n) is 3.67. The number of benzene rings is 1. The number of aromatic hydroxyl groups is 1. The fourth-order valence-corrected chi connectivity index (χ4v) is 3.43. The molecule has 0 bridgehead atoms. The third-order valence-corrected chi connectivity index (χ3v) is 4.70. The van der Waals surface area contributed by atoms with Crippen LogP contribution in [0.2, 0.25) is 0 Å². The Morgan fingerprint density at radius 1 is 1.46 bits per heavy atom. The first-order valence-corrected chi connectivity index (χ1v) is 6.75. The van der Waals surface area contributed by atoms with E-state index < -0.39 is 0 Å². The summed E-state index contributed by atoms with van der Waals surface area (Å²) in [6.07, 6.45) is 0. The fraction of sp³-hybridized carbons (Fsp3) is 0.111. The number of alkyl halides is 1. The molecule has 0 amide bonds. The van der Waals surface area contributed by atoms with Gasteiger partial charge in [-0.25, -0.2) is 0 Å². The molecule has 1 nitrogen and oxygen atoms in total. The monoisotopic (exact) mass is 368 g/mol. The van der Waals surface area contributed by atoms with Crippen molar-refractivity contribution in [2.45, 2.75) is 5.33 Å². The Bertz CT molecular complexity index is 452. The standard InChI is InChI=1S/C9H6BrIOS/c10-3-5-1-6-8(12)4-13-9(6)7(11)2-5/h1-2,4,12H,3H2. The van der Waals surface area contributed by atoms with E-state index in [0.29, 0.717) is 5.75 Å². The Labute approximate surface area is 102 Å². The van der Waals surface area contributed by atoms with Crippen LogP contribution in [0, 0.1) is 3.57 Å². The van der Waals surface area contributed by atoms with Crippen molar-refractivity contribution in [3.63, 3.8) is 0 Å². The maximum Gasteiger partial charge on any atom is 0.134 e. The first-order chi connectivity index (χ1) is 6.22. The van der Waals surface area contributed by atoms with Crippen molar-refractivity contribution < 1.29 is 5.11 Å². The normalized spacial score (nSPS) is 10.9. The highest BCUT2D eigenvalue weighted by atomic mass is 127. The van der Waals surface area contributed by atoms with Gasteiger partial charge in [0.1, 0.15) is 5.75 Å². The van der Waals surface area contributed by atoms with Gasteiger partial charge < -0.3 is 5.11 Å². The zero-order chi connectivity index (χ0) is 9.42. The highest BCUT2D eigenvalue weighted by molar-refractivity contribution is 14.1. The van der Waals surface area contributed by atoms with Crippen molar-refractivity contribution in [2.75, 3.05) is 0 Å². The van der Waals surface area contributed by atoms with E-state index in [0.717, 1.165) is 10.7 Å². The number of hydrogen-bond acceptors (Lipinski definition) is 2. The van der Waals surface area contributed by atoms with Gasteiger partial charge in [0.05, 0.1) is 4.70 Å². The topological polar surface area (TPSA) is 20.2 Å². The van der Waals surface area contributed by atoms with Crippen molar-refractivity contribution in [1.82, 2.24) is 0 Å². The molecule has 68 valence electrons. The summed E-state index contributed by atoms with van der Waals surface area (Å²) < 4.78 is 2.37. The summed E-state index contributed by atoms with van der Waals surface area (Å²) in [6, 6.07) is 4.16. The molecule has 1 heterocycles. The minimum absolute atomic E-state index is 0.390. The largest absolute Gasteiger partial charge is 0.506 e. The molecule has 0 aliphatic rings. The van der Waals surface area contributed by atoms with E-state index in [1.54, 1.807) is 16.7 Å². The van der Waals surface area contributed by atoms with Crippen LogP contribution in [0.1, 0.15) is 5.56 Å². The number of fused-ring (bicyclic) bond motifs is 1. The number of thiophene rings is 1. The molecule has 1 aromatic carbocycles. The van der Waals surface area contributed by atoms with Crippen molar-refractivity contribution in [3.8, 4) is 5.75 Å². The molecular weight excluding hydrogens is 363 g/mol. The molecule has 13 heavy (non-hydrogen) atoms. The summed E-state index contributed by atoms with van der Waals surface area (Å²) in [5.74, 6) is 0.390. The van der Waals surface area contributed by atoms with Gasteiger partial charge in [0.15, 0.2) is 0 Å². The minimum Gasteiger partial charge on any atom is -0.506 e. The molecule has 4 heteroatoms. The zero-order valence-corrected chi connectivity index (χ0v) is 11.1. The number of rotatable bonds is 1. The van der Waals surface area contributed by atoms with Crippen LogP contribution in [0.15, 0.2) is 17.5 Å². The molecule has 0 unspecified atom stereocenters. The summed E-state index contributed by atoms with van der Waals surface area (Å²) in [5.41, 5.74) is 1.20. The van der Waals surface area contributed by atoms with Crippen LogP contribution in [0.5, 0.6) is 5.75 Å². The van der Waals surface area contributed by atoms with Gasteiger partial charge in [-0.1, -0.05) is 15.9 Å². The van der Waals surface area contributed by atoms with E-state index in [1.807, 2.05) is 6.07 Å². The van der Waals surface area contributed by atoms with Crippen LogP contribution >= 0.6 is 49.9 Å². The van der Waals surface area contributed by atoms with Crippen LogP contribution in [0.3, 0.4) is 0 Å². The second-order valence-corrected chi connectivity index (χ2v) is 5.31. The molecule has 0 saturated heterocycles. The van der Waals surface area contributed by atoms with E-state index in [2.05, 4.69) is 44.6 Å². The van der Waals surface area contributed by atoms with Gasteiger partial charge in [-0.3, -0.25) is 0 Å². The molecule has 2 aromatic rings. The average Bonchev–Trinajstić information content (AvgIpc) is 2.48. The summed E-state index contributed by atoms with van der Waals surface area (Å²) in [7, 11) is 0. The van der Waals surface area contributed by atoms with Gasteiger partial charge in [-0.05, 0) is 40.3 Å². The lowest BCUT2D eigenvalue weighted by Gasteiger charge is -1.99. The van der Waals surface area contributed by atoms with E-state index in [9.17, 15) is 5.11 Å². The minimum atomic E-state index is 0.390. The van der Waals surface area contributed by atoms with Crippen molar-refractivity contribution in [1.29, 1.82) is 0 Å². The Morgan fingerprint density at radius 3 is 2.92 bits per heavy atom. The highest BCUT2D eigenvalue weighted by Crippen LogP contribution is 2.35. The van der Waals surface area contributed by atoms with Crippen LogP contribution in [0.25, 0.3) is 10.1 Å². The molecule has 0 radical (unpaired) electrons. The van der Waals surface area contributed by atoms with Crippen molar-refractivity contribution in [2.24, 2.45) is 0 Å².